The van der Waals surface area contributed by atoms with Gasteiger partial charge in [-0.25, -0.2) is 4.98 Å². The Balaban J connectivity index is 2.43. The summed E-state index contributed by atoms with van der Waals surface area (Å²) in [6.07, 6.45) is 13.1. The molecule has 1 heterocycles. The van der Waals surface area contributed by atoms with Gasteiger partial charge in [-0.2, -0.15) is 0 Å². The molecular weight excluding hydrogens is 302 g/mol. The van der Waals surface area contributed by atoms with E-state index >= 15 is 0 Å². The van der Waals surface area contributed by atoms with E-state index in [1.165, 1.54) is 51.4 Å². The van der Waals surface area contributed by atoms with Crippen molar-refractivity contribution in [3.63, 3.8) is 0 Å². The summed E-state index contributed by atoms with van der Waals surface area (Å²) in [5, 5.41) is 19.0. The number of aliphatic hydroxyl groups excluding tert-OH is 2. The molecule has 0 saturated carbocycles. The van der Waals surface area contributed by atoms with Crippen LogP contribution in [-0.4, -0.2) is 19.8 Å². The van der Waals surface area contributed by atoms with E-state index in [0.29, 0.717) is 11.4 Å². The predicted octanol–water partition coefficient (Wildman–Crippen LogP) is 3.81. The molecule has 0 spiro atoms. The maximum atomic E-state index is 9.59. The van der Waals surface area contributed by atoms with Gasteiger partial charge in [0, 0.05) is 6.42 Å². The fraction of sp³-hybridized carbons (Fsp3) is 0.842. The highest BCUT2D eigenvalue weighted by Gasteiger charge is 2.19. The van der Waals surface area contributed by atoms with Crippen molar-refractivity contribution in [2.24, 2.45) is 5.73 Å². The second-order valence-electron chi connectivity index (χ2n) is 6.66. The summed E-state index contributed by atoms with van der Waals surface area (Å²) in [5.74, 6) is 0.903. The minimum Gasteiger partial charge on any atom is -0.390 e. The van der Waals surface area contributed by atoms with E-state index < -0.39 is 0 Å². The lowest BCUT2D eigenvalue weighted by molar-refractivity contribution is 0.246. The zero-order chi connectivity index (χ0) is 17.8. The molecule has 1 rings (SSSR count). The SMILES string of the molecule is CCCCCCCCCCCc1nc(CO)c(CO)n1C(N)CC. The van der Waals surface area contributed by atoms with E-state index in [1.807, 2.05) is 11.5 Å². The van der Waals surface area contributed by atoms with E-state index in [2.05, 4.69) is 11.9 Å². The van der Waals surface area contributed by atoms with Crippen LogP contribution in [0.4, 0.5) is 0 Å². The third-order valence-corrected chi connectivity index (χ3v) is 4.72. The average Bonchev–Trinajstić information content (AvgIpc) is 2.97. The first-order valence-corrected chi connectivity index (χ1v) is 9.75. The van der Waals surface area contributed by atoms with Crippen molar-refractivity contribution in [1.29, 1.82) is 0 Å². The lowest BCUT2D eigenvalue weighted by Crippen LogP contribution is -2.22. The van der Waals surface area contributed by atoms with Gasteiger partial charge in [-0.15, -0.1) is 0 Å². The third kappa shape index (κ3) is 6.54. The number of imidazole rings is 1. The Morgan fingerprint density at radius 3 is 2.00 bits per heavy atom. The van der Waals surface area contributed by atoms with Gasteiger partial charge in [0.1, 0.15) is 5.82 Å². The second-order valence-corrected chi connectivity index (χ2v) is 6.66. The van der Waals surface area contributed by atoms with Crippen LogP contribution in [0.2, 0.25) is 0 Å². The first-order valence-electron chi connectivity index (χ1n) is 9.75. The van der Waals surface area contributed by atoms with Crippen LogP contribution < -0.4 is 5.73 Å². The normalized spacial score (nSPS) is 12.7. The highest BCUT2D eigenvalue weighted by molar-refractivity contribution is 5.17. The van der Waals surface area contributed by atoms with E-state index in [9.17, 15) is 10.2 Å². The fourth-order valence-electron chi connectivity index (χ4n) is 3.21. The number of hydrogen-bond donors (Lipinski definition) is 3. The lowest BCUT2D eigenvalue weighted by atomic mass is 10.1. The van der Waals surface area contributed by atoms with Gasteiger partial charge in [-0.3, -0.25) is 0 Å². The van der Waals surface area contributed by atoms with Gasteiger partial charge in [-0.05, 0) is 12.8 Å². The Morgan fingerprint density at radius 2 is 1.50 bits per heavy atom. The summed E-state index contributed by atoms with van der Waals surface area (Å²) in [6.45, 7) is 3.99. The summed E-state index contributed by atoms with van der Waals surface area (Å²) in [6, 6.07) is 0. The summed E-state index contributed by atoms with van der Waals surface area (Å²) in [4.78, 5) is 4.51. The van der Waals surface area contributed by atoms with Crippen molar-refractivity contribution in [1.82, 2.24) is 9.55 Å². The Hall–Kier alpha value is -0.910. The van der Waals surface area contributed by atoms with Gasteiger partial charge in [0.05, 0.1) is 30.8 Å². The molecule has 24 heavy (non-hydrogen) atoms. The summed E-state index contributed by atoms with van der Waals surface area (Å²) >= 11 is 0. The molecular formula is C19H37N3O2. The molecule has 0 aliphatic carbocycles. The van der Waals surface area contributed by atoms with Crippen molar-refractivity contribution in [2.45, 2.75) is 104 Å². The smallest absolute Gasteiger partial charge is 0.110 e. The minimum absolute atomic E-state index is 0.131. The first-order chi connectivity index (χ1) is 11.7. The van der Waals surface area contributed by atoms with Crippen LogP contribution in [0.3, 0.4) is 0 Å². The molecule has 1 unspecified atom stereocenters. The average molecular weight is 340 g/mol. The lowest BCUT2D eigenvalue weighted by Gasteiger charge is -2.17. The van der Waals surface area contributed by atoms with Crippen molar-refractivity contribution in [2.75, 3.05) is 0 Å². The quantitative estimate of drug-likeness (QED) is 0.450. The fourth-order valence-corrected chi connectivity index (χ4v) is 3.21. The van der Waals surface area contributed by atoms with Crippen molar-refractivity contribution in [3.8, 4) is 0 Å². The van der Waals surface area contributed by atoms with Gasteiger partial charge >= 0.3 is 0 Å². The van der Waals surface area contributed by atoms with Crippen LogP contribution in [0.5, 0.6) is 0 Å². The molecule has 5 heteroatoms. The van der Waals surface area contributed by atoms with Crippen LogP contribution in [-0.2, 0) is 19.6 Å². The Morgan fingerprint density at radius 1 is 0.917 bits per heavy atom. The maximum absolute atomic E-state index is 9.59. The van der Waals surface area contributed by atoms with Crippen LogP contribution in [0.15, 0.2) is 0 Å². The van der Waals surface area contributed by atoms with Crippen LogP contribution >= 0.6 is 0 Å². The molecule has 0 radical (unpaired) electrons. The van der Waals surface area contributed by atoms with Gasteiger partial charge in [0.15, 0.2) is 0 Å². The van der Waals surface area contributed by atoms with Crippen molar-refractivity contribution in [3.05, 3.63) is 17.2 Å². The molecule has 0 aromatic carbocycles. The summed E-state index contributed by atoms with van der Waals surface area (Å²) < 4.78 is 1.93. The van der Waals surface area contributed by atoms with E-state index in [-0.39, 0.29) is 19.4 Å². The van der Waals surface area contributed by atoms with E-state index in [1.54, 1.807) is 0 Å². The third-order valence-electron chi connectivity index (χ3n) is 4.72. The van der Waals surface area contributed by atoms with Crippen molar-refractivity contribution >= 4 is 0 Å². The molecule has 1 atom stereocenters. The molecule has 0 aliphatic rings. The van der Waals surface area contributed by atoms with E-state index in [4.69, 9.17) is 5.73 Å². The molecule has 0 aliphatic heterocycles. The number of unbranched alkanes of at least 4 members (excludes halogenated alkanes) is 8. The maximum Gasteiger partial charge on any atom is 0.110 e. The number of nitrogens with two attached hydrogens (primary N) is 1. The number of rotatable bonds is 14. The van der Waals surface area contributed by atoms with Crippen molar-refractivity contribution < 1.29 is 10.2 Å². The highest BCUT2D eigenvalue weighted by Crippen LogP contribution is 2.20. The zero-order valence-corrected chi connectivity index (χ0v) is 15.6. The molecule has 0 bridgehead atoms. The number of aliphatic hydroxyl groups is 2. The van der Waals surface area contributed by atoms with Crippen LogP contribution in [0.25, 0.3) is 0 Å². The summed E-state index contributed by atoms with van der Waals surface area (Å²) in [7, 11) is 0. The predicted molar refractivity (Wildman–Crippen MR) is 98.5 cm³/mol. The molecule has 5 nitrogen and oxygen atoms in total. The summed E-state index contributed by atoms with van der Waals surface area (Å²) in [5.41, 5.74) is 7.41. The molecule has 140 valence electrons. The topological polar surface area (TPSA) is 84.3 Å². The molecule has 1 aromatic rings. The van der Waals surface area contributed by atoms with Crippen LogP contribution in [0.1, 0.15) is 101 Å². The van der Waals surface area contributed by atoms with Gasteiger partial charge in [-0.1, -0.05) is 65.2 Å². The Kier molecular flexibility index (Phi) is 11.0. The first kappa shape index (κ1) is 21.1. The number of hydrogen-bond acceptors (Lipinski definition) is 4. The monoisotopic (exact) mass is 339 g/mol. The largest absolute Gasteiger partial charge is 0.390 e. The standard InChI is InChI=1S/C19H37N3O2/c1-3-5-6-7-8-9-10-11-12-13-19-21-16(14-23)17(15-24)22(19)18(20)4-2/h18,23-24H,3-15,20H2,1-2H3. The van der Waals surface area contributed by atoms with Gasteiger partial charge < -0.3 is 20.5 Å². The second kappa shape index (κ2) is 12.5. The van der Waals surface area contributed by atoms with Gasteiger partial charge in [0.2, 0.25) is 0 Å². The number of aromatic nitrogens is 2. The molecule has 0 amide bonds. The van der Waals surface area contributed by atoms with Crippen LogP contribution in [0, 0.1) is 0 Å². The zero-order valence-electron chi connectivity index (χ0n) is 15.6. The molecule has 0 saturated heterocycles. The molecule has 4 N–H and O–H groups in total. The molecule has 1 aromatic heterocycles. The van der Waals surface area contributed by atoms with E-state index in [0.717, 1.165) is 25.1 Å². The molecule has 0 fully saturated rings. The Labute approximate surface area is 147 Å². The van der Waals surface area contributed by atoms with Gasteiger partial charge in [0.25, 0.3) is 0 Å². The Bertz CT molecular complexity index is 446. The minimum atomic E-state index is -0.187. The highest BCUT2D eigenvalue weighted by atomic mass is 16.3. The number of nitrogens with zero attached hydrogens (tertiary/aromatic N) is 2. The number of aryl methyl sites for hydroxylation is 1.